The molecule has 1 N–H and O–H groups in total. The van der Waals surface area contributed by atoms with E-state index in [9.17, 15) is 9.59 Å². The third-order valence-corrected chi connectivity index (χ3v) is 2.42. The first-order valence-electron chi connectivity index (χ1n) is 5.88. The van der Waals surface area contributed by atoms with Crippen LogP contribution in [0.1, 0.15) is 13.8 Å². The van der Waals surface area contributed by atoms with Gasteiger partial charge < -0.3 is 14.8 Å². The summed E-state index contributed by atoms with van der Waals surface area (Å²) in [5.74, 6) is -0.479. The van der Waals surface area contributed by atoms with E-state index in [1.54, 1.807) is 31.2 Å². The van der Waals surface area contributed by atoms with E-state index in [1.807, 2.05) is 0 Å². The highest BCUT2D eigenvalue weighted by Crippen LogP contribution is 2.16. The van der Waals surface area contributed by atoms with Gasteiger partial charge in [0.1, 0.15) is 5.75 Å². The molecule has 19 heavy (non-hydrogen) atoms. The Morgan fingerprint density at radius 1 is 1.42 bits per heavy atom. The lowest BCUT2D eigenvalue weighted by molar-refractivity contribution is -0.156. The number of ether oxygens (including phenoxy) is 2. The lowest BCUT2D eigenvalue weighted by Crippen LogP contribution is -2.36. The van der Waals surface area contributed by atoms with Crippen LogP contribution >= 0.6 is 11.6 Å². The Bertz CT molecular complexity index is 450. The van der Waals surface area contributed by atoms with Gasteiger partial charge in [0.15, 0.2) is 12.7 Å². The van der Waals surface area contributed by atoms with Gasteiger partial charge in [-0.05, 0) is 32.0 Å². The van der Waals surface area contributed by atoms with E-state index in [0.29, 0.717) is 17.3 Å². The summed E-state index contributed by atoms with van der Waals surface area (Å²) in [4.78, 5) is 22.8. The molecule has 0 bridgehead atoms. The first kappa shape index (κ1) is 15.3. The minimum absolute atomic E-state index is 0.274. The molecule has 0 aliphatic rings. The Balaban J connectivity index is 2.37. The van der Waals surface area contributed by atoms with Crippen molar-refractivity contribution in [3.63, 3.8) is 0 Å². The van der Waals surface area contributed by atoms with Crippen molar-refractivity contribution in [2.75, 3.05) is 13.2 Å². The lowest BCUT2D eigenvalue weighted by atomic mass is 10.3. The first-order chi connectivity index (χ1) is 9.02. The average molecular weight is 286 g/mol. The van der Waals surface area contributed by atoms with E-state index in [2.05, 4.69) is 5.32 Å². The summed E-state index contributed by atoms with van der Waals surface area (Å²) in [6.45, 7) is 3.50. The van der Waals surface area contributed by atoms with Gasteiger partial charge >= 0.3 is 5.97 Å². The van der Waals surface area contributed by atoms with E-state index in [1.165, 1.54) is 6.92 Å². The number of halogens is 1. The van der Waals surface area contributed by atoms with Crippen molar-refractivity contribution in [3.05, 3.63) is 29.3 Å². The fourth-order valence-electron chi connectivity index (χ4n) is 1.30. The molecule has 0 spiro atoms. The summed E-state index contributed by atoms with van der Waals surface area (Å²) in [5, 5.41) is 3.07. The standard InChI is InChI=1S/C13H16ClNO4/c1-3-15-13(17)9(2)19-12(16)8-18-11-6-4-5-10(14)7-11/h4-7,9H,3,8H2,1-2H3,(H,15,17)/t9-/m0/s1. The summed E-state index contributed by atoms with van der Waals surface area (Å²) in [6.07, 6.45) is -0.838. The molecule has 1 atom stereocenters. The quantitative estimate of drug-likeness (QED) is 0.809. The molecule has 0 aliphatic carbocycles. The molecule has 0 fully saturated rings. The van der Waals surface area contributed by atoms with E-state index >= 15 is 0 Å². The highest BCUT2D eigenvalue weighted by atomic mass is 35.5. The van der Waals surface area contributed by atoms with Crippen molar-refractivity contribution in [2.45, 2.75) is 20.0 Å². The summed E-state index contributed by atoms with van der Waals surface area (Å²) in [6, 6.07) is 6.67. The van der Waals surface area contributed by atoms with Crippen molar-refractivity contribution >= 4 is 23.5 Å². The van der Waals surface area contributed by atoms with Crippen LogP contribution in [0.5, 0.6) is 5.75 Å². The second-order valence-corrected chi connectivity index (χ2v) is 4.21. The van der Waals surface area contributed by atoms with Gasteiger partial charge in [0, 0.05) is 11.6 Å². The molecule has 104 valence electrons. The van der Waals surface area contributed by atoms with Crippen LogP contribution in [0.25, 0.3) is 0 Å². The highest BCUT2D eigenvalue weighted by molar-refractivity contribution is 6.30. The van der Waals surface area contributed by atoms with Crippen LogP contribution in [0.4, 0.5) is 0 Å². The minimum Gasteiger partial charge on any atom is -0.482 e. The molecule has 0 unspecified atom stereocenters. The topological polar surface area (TPSA) is 64.6 Å². The van der Waals surface area contributed by atoms with Gasteiger partial charge in [0.25, 0.3) is 5.91 Å². The Morgan fingerprint density at radius 2 is 2.16 bits per heavy atom. The van der Waals surface area contributed by atoms with Gasteiger partial charge in [-0.3, -0.25) is 4.79 Å². The number of hydrogen-bond donors (Lipinski definition) is 1. The largest absolute Gasteiger partial charge is 0.482 e. The van der Waals surface area contributed by atoms with Crippen molar-refractivity contribution < 1.29 is 19.1 Å². The molecule has 5 nitrogen and oxygen atoms in total. The van der Waals surface area contributed by atoms with E-state index in [-0.39, 0.29) is 12.5 Å². The number of amides is 1. The molecule has 0 saturated carbocycles. The summed E-state index contributed by atoms with van der Waals surface area (Å²) in [7, 11) is 0. The van der Waals surface area contributed by atoms with E-state index in [0.717, 1.165) is 0 Å². The molecule has 0 aliphatic heterocycles. The summed E-state index contributed by atoms with van der Waals surface area (Å²) >= 11 is 5.77. The Labute approximate surface area is 116 Å². The van der Waals surface area contributed by atoms with Gasteiger partial charge in [-0.15, -0.1) is 0 Å². The smallest absolute Gasteiger partial charge is 0.344 e. The molecule has 0 heterocycles. The average Bonchev–Trinajstić information content (AvgIpc) is 2.36. The van der Waals surface area contributed by atoms with Crippen molar-refractivity contribution in [1.29, 1.82) is 0 Å². The predicted octanol–water partition coefficient (Wildman–Crippen LogP) is 1.79. The Hall–Kier alpha value is -1.75. The van der Waals surface area contributed by atoms with E-state index < -0.39 is 12.1 Å². The Kier molecular flexibility index (Phi) is 6.15. The molecule has 0 aromatic heterocycles. The second kappa shape index (κ2) is 7.63. The van der Waals surface area contributed by atoms with Crippen molar-refractivity contribution in [3.8, 4) is 5.75 Å². The predicted molar refractivity (Wildman–Crippen MR) is 71.2 cm³/mol. The van der Waals surface area contributed by atoms with Gasteiger partial charge in [0.05, 0.1) is 0 Å². The molecule has 0 radical (unpaired) electrons. The maximum atomic E-state index is 11.5. The molecular weight excluding hydrogens is 270 g/mol. The zero-order chi connectivity index (χ0) is 14.3. The number of esters is 1. The molecule has 1 aromatic carbocycles. The maximum absolute atomic E-state index is 11.5. The molecule has 1 aromatic rings. The van der Waals surface area contributed by atoms with E-state index in [4.69, 9.17) is 21.1 Å². The fraction of sp³-hybridized carbons (Fsp3) is 0.385. The molecule has 0 saturated heterocycles. The van der Waals surface area contributed by atoms with Gasteiger partial charge in [-0.25, -0.2) is 4.79 Å². The number of carbonyl (C=O) groups is 2. The van der Waals surface area contributed by atoms with Crippen LogP contribution in [0.2, 0.25) is 5.02 Å². The maximum Gasteiger partial charge on any atom is 0.344 e. The number of hydrogen-bond acceptors (Lipinski definition) is 4. The second-order valence-electron chi connectivity index (χ2n) is 3.77. The minimum atomic E-state index is -0.838. The van der Waals surface area contributed by atoms with Crippen LogP contribution in [0.3, 0.4) is 0 Å². The summed E-state index contributed by atoms with van der Waals surface area (Å²) < 4.78 is 10.1. The van der Waals surface area contributed by atoms with Gasteiger partial charge in [-0.1, -0.05) is 17.7 Å². The lowest BCUT2D eigenvalue weighted by Gasteiger charge is -2.13. The highest BCUT2D eigenvalue weighted by Gasteiger charge is 2.17. The fourth-order valence-corrected chi connectivity index (χ4v) is 1.48. The molecular formula is C13H16ClNO4. The Morgan fingerprint density at radius 3 is 2.79 bits per heavy atom. The van der Waals surface area contributed by atoms with Crippen LogP contribution in [0, 0.1) is 0 Å². The monoisotopic (exact) mass is 285 g/mol. The van der Waals surface area contributed by atoms with Gasteiger partial charge in [0.2, 0.25) is 0 Å². The summed E-state index contributed by atoms with van der Waals surface area (Å²) in [5.41, 5.74) is 0. The third kappa shape index (κ3) is 5.61. The van der Waals surface area contributed by atoms with Crippen LogP contribution in [0.15, 0.2) is 24.3 Å². The van der Waals surface area contributed by atoms with Crippen molar-refractivity contribution in [2.24, 2.45) is 0 Å². The SMILES string of the molecule is CCNC(=O)[C@H](C)OC(=O)COc1cccc(Cl)c1. The third-order valence-electron chi connectivity index (χ3n) is 2.18. The van der Waals surface area contributed by atoms with Crippen molar-refractivity contribution in [1.82, 2.24) is 5.32 Å². The number of rotatable bonds is 6. The molecule has 1 rings (SSSR count). The van der Waals surface area contributed by atoms with Gasteiger partial charge in [-0.2, -0.15) is 0 Å². The molecule has 6 heteroatoms. The zero-order valence-corrected chi connectivity index (χ0v) is 11.6. The van der Waals surface area contributed by atoms with Crippen LogP contribution in [-0.2, 0) is 14.3 Å². The number of likely N-dealkylation sites (N-methyl/N-ethyl adjacent to an activating group) is 1. The molecule has 1 amide bonds. The zero-order valence-electron chi connectivity index (χ0n) is 10.8. The number of carbonyl (C=O) groups excluding carboxylic acids is 2. The first-order valence-corrected chi connectivity index (χ1v) is 6.26. The van der Waals surface area contributed by atoms with Crippen LogP contribution < -0.4 is 10.1 Å². The van der Waals surface area contributed by atoms with Crippen LogP contribution in [-0.4, -0.2) is 31.1 Å². The number of benzene rings is 1. The number of nitrogens with one attached hydrogen (secondary N) is 1. The normalized spacial score (nSPS) is 11.5.